The number of carbonyl (C=O) groups excluding carboxylic acids is 1. The SMILES string of the molecule is COc1ccc(CN2CCc3c(ccnc3-c3cc(C(C)(C)c4cc(F)cc(C(F)(F)F)c4)cnn3)C2=O)cc1. The second-order valence-corrected chi connectivity index (χ2v) is 10.2. The van der Waals surface area contributed by atoms with E-state index in [4.69, 9.17) is 4.74 Å². The van der Waals surface area contributed by atoms with Crippen LogP contribution in [-0.2, 0) is 24.6 Å². The monoisotopic (exact) mass is 550 g/mol. The Morgan fingerprint density at radius 1 is 0.975 bits per heavy atom. The molecule has 0 fully saturated rings. The lowest BCUT2D eigenvalue weighted by Gasteiger charge is -2.30. The summed E-state index contributed by atoms with van der Waals surface area (Å²) in [5, 5.41) is 8.31. The molecule has 0 aliphatic carbocycles. The van der Waals surface area contributed by atoms with E-state index in [2.05, 4.69) is 15.2 Å². The molecule has 0 spiro atoms. The predicted molar refractivity (Wildman–Crippen MR) is 140 cm³/mol. The lowest BCUT2D eigenvalue weighted by Crippen LogP contribution is -2.37. The number of amides is 1. The van der Waals surface area contributed by atoms with E-state index < -0.39 is 23.0 Å². The fraction of sp³-hybridized carbons (Fsp3) is 0.267. The molecule has 5 rings (SSSR count). The van der Waals surface area contributed by atoms with Crippen molar-refractivity contribution < 1.29 is 27.1 Å². The van der Waals surface area contributed by atoms with Crippen LogP contribution in [0, 0.1) is 5.82 Å². The zero-order chi connectivity index (χ0) is 28.7. The lowest BCUT2D eigenvalue weighted by atomic mass is 9.78. The summed E-state index contributed by atoms with van der Waals surface area (Å²) in [6.45, 7) is 4.30. The third-order valence-corrected chi connectivity index (χ3v) is 7.30. The second-order valence-electron chi connectivity index (χ2n) is 10.2. The van der Waals surface area contributed by atoms with Crippen molar-refractivity contribution in [3.8, 4) is 17.1 Å². The number of fused-ring (bicyclic) bond motifs is 1. The van der Waals surface area contributed by atoms with Gasteiger partial charge >= 0.3 is 6.18 Å². The number of nitrogens with zero attached hydrogens (tertiary/aromatic N) is 4. The van der Waals surface area contributed by atoms with Crippen molar-refractivity contribution in [1.82, 2.24) is 20.1 Å². The minimum Gasteiger partial charge on any atom is -0.497 e. The van der Waals surface area contributed by atoms with Gasteiger partial charge in [-0.2, -0.15) is 18.3 Å². The molecule has 6 nitrogen and oxygen atoms in total. The molecule has 0 saturated heterocycles. The van der Waals surface area contributed by atoms with E-state index >= 15 is 0 Å². The maximum Gasteiger partial charge on any atom is 0.416 e. The average molecular weight is 551 g/mol. The molecule has 4 aromatic rings. The van der Waals surface area contributed by atoms with Crippen molar-refractivity contribution in [2.75, 3.05) is 13.7 Å². The van der Waals surface area contributed by atoms with E-state index in [-0.39, 0.29) is 11.5 Å². The summed E-state index contributed by atoms with van der Waals surface area (Å²) in [4.78, 5) is 19.6. The summed E-state index contributed by atoms with van der Waals surface area (Å²) >= 11 is 0. The predicted octanol–water partition coefficient (Wildman–Crippen LogP) is 6.23. The number of aromatic nitrogens is 3. The topological polar surface area (TPSA) is 68.2 Å². The van der Waals surface area contributed by atoms with Crippen LogP contribution in [0.3, 0.4) is 0 Å². The Bertz CT molecular complexity index is 1570. The summed E-state index contributed by atoms with van der Waals surface area (Å²) in [5.41, 5.74) is 1.65. The molecule has 2 aromatic heterocycles. The normalized spacial score (nSPS) is 13.8. The average Bonchev–Trinajstić information content (AvgIpc) is 2.94. The van der Waals surface area contributed by atoms with Crippen molar-refractivity contribution in [2.24, 2.45) is 0 Å². The summed E-state index contributed by atoms with van der Waals surface area (Å²) in [5.74, 6) is -0.374. The van der Waals surface area contributed by atoms with E-state index in [0.717, 1.165) is 29.0 Å². The van der Waals surface area contributed by atoms with Gasteiger partial charge in [-0.1, -0.05) is 26.0 Å². The standard InChI is InChI=1S/C30H26F4N4O2/c1-29(2,19-12-20(30(32,33)34)14-22(31)13-19)21-15-26(37-36-16-21)27-24-9-11-38(28(39)25(24)8-10-35-27)17-18-4-6-23(40-3)7-5-18/h4-8,10,12-16H,9,11,17H2,1-3H3. The quantitative estimate of drug-likeness (QED) is 0.266. The van der Waals surface area contributed by atoms with Gasteiger partial charge in [0.1, 0.15) is 17.3 Å². The summed E-state index contributed by atoms with van der Waals surface area (Å²) in [7, 11) is 1.60. The molecule has 40 heavy (non-hydrogen) atoms. The molecule has 0 bridgehead atoms. The number of hydrogen-bond donors (Lipinski definition) is 0. The lowest BCUT2D eigenvalue weighted by molar-refractivity contribution is -0.137. The number of halogens is 4. The van der Waals surface area contributed by atoms with Gasteiger partial charge in [0, 0.05) is 30.3 Å². The van der Waals surface area contributed by atoms with Crippen molar-refractivity contribution in [3.05, 3.63) is 106 Å². The smallest absolute Gasteiger partial charge is 0.416 e. The van der Waals surface area contributed by atoms with Crippen LogP contribution < -0.4 is 4.74 Å². The molecule has 10 heteroatoms. The van der Waals surface area contributed by atoms with Crippen LogP contribution in [0.2, 0.25) is 0 Å². The van der Waals surface area contributed by atoms with Crippen LogP contribution in [0.25, 0.3) is 11.4 Å². The van der Waals surface area contributed by atoms with Gasteiger partial charge < -0.3 is 9.64 Å². The number of hydrogen-bond acceptors (Lipinski definition) is 5. The van der Waals surface area contributed by atoms with Crippen LogP contribution in [0.15, 0.2) is 67.0 Å². The highest BCUT2D eigenvalue weighted by Gasteiger charge is 2.34. The highest BCUT2D eigenvalue weighted by molar-refractivity contribution is 5.98. The van der Waals surface area contributed by atoms with Crippen molar-refractivity contribution in [3.63, 3.8) is 0 Å². The molecule has 1 amide bonds. The zero-order valence-corrected chi connectivity index (χ0v) is 22.1. The molecule has 0 saturated carbocycles. The van der Waals surface area contributed by atoms with Gasteiger partial charge in [-0.15, -0.1) is 5.10 Å². The minimum absolute atomic E-state index is 0.135. The highest BCUT2D eigenvalue weighted by atomic mass is 19.4. The van der Waals surface area contributed by atoms with Gasteiger partial charge in [-0.05, 0) is 71.1 Å². The largest absolute Gasteiger partial charge is 0.497 e. The van der Waals surface area contributed by atoms with Crippen molar-refractivity contribution in [1.29, 1.82) is 0 Å². The molecular weight excluding hydrogens is 524 g/mol. The van der Waals surface area contributed by atoms with Gasteiger partial charge in [0.2, 0.25) is 0 Å². The fourth-order valence-electron chi connectivity index (χ4n) is 4.89. The molecule has 1 aliphatic rings. The molecule has 0 atom stereocenters. The van der Waals surface area contributed by atoms with E-state index in [1.54, 1.807) is 38.0 Å². The number of carbonyl (C=O) groups is 1. The van der Waals surface area contributed by atoms with E-state index in [1.165, 1.54) is 12.4 Å². The maximum atomic E-state index is 14.2. The van der Waals surface area contributed by atoms with Crippen LogP contribution in [0.4, 0.5) is 17.6 Å². The number of pyridine rings is 1. The third kappa shape index (κ3) is 5.25. The number of methoxy groups -OCH3 is 1. The van der Waals surface area contributed by atoms with Crippen LogP contribution >= 0.6 is 0 Å². The molecule has 1 aliphatic heterocycles. The molecular formula is C30H26F4N4O2. The number of benzene rings is 2. The molecule has 2 aromatic carbocycles. The third-order valence-electron chi connectivity index (χ3n) is 7.30. The van der Waals surface area contributed by atoms with Crippen LogP contribution in [0.1, 0.15) is 52.0 Å². The first-order chi connectivity index (χ1) is 19.0. The molecule has 3 heterocycles. The zero-order valence-electron chi connectivity index (χ0n) is 22.1. The first-order valence-corrected chi connectivity index (χ1v) is 12.6. The Morgan fingerprint density at radius 2 is 1.70 bits per heavy atom. The first kappa shape index (κ1) is 27.2. The summed E-state index contributed by atoms with van der Waals surface area (Å²) < 4.78 is 59.5. The molecule has 206 valence electrons. The number of rotatable bonds is 6. The van der Waals surface area contributed by atoms with Gasteiger partial charge in [-0.25, -0.2) is 4.39 Å². The van der Waals surface area contributed by atoms with Gasteiger partial charge in [0.25, 0.3) is 5.91 Å². The van der Waals surface area contributed by atoms with Crippen LogP contribution in [-0.4, -0.2) is 39.6 Å². The summed E-state index contributed by atoms with van der Waals surface area (Å²) in [6.07, 6.45) is -1.17. The first-order valence-electron chi connectivity index (χ1n) is 12.6. The molecule has 0 radical (unpaired) electrons. The van der Waals surface area contributed by atoms with E-state index in [0.29, 0.717) is 48.1 Å². The van der Waals surface area contributed by atoms with Crippen LogP contribution in [0.5, 0.6) is 5.75 Å². The van der Waals surface area contributed by atoms with Gasteiger partial charge in [0.15, 0.2) is 0 Å². The fourth-order valence-corrected chi connectivity index (χ4v) is 4.89. The van der Waals surface area contributed by atoms with Gasteiger partial charge in [-0.3, -0.25) is 9.78 Å². The van der Waals surface area contributed by atoms with Crippen molar-refractivity contribution >= 4 is 5.91 Å². The van der Waals surface area contributed by atoms with E-state index in [9.17, 15) is 22.4 Å². The minimum atomic E-state index is -4.69. The maximum absolute atomic E-state index is 14.2. The number of alkyl halides is 3. The van der Waals surface area contributed by atoms with Gasteiger partial charge in [0.05, 0.1) is 24.6 Å². The highest BCUT2D eigenvalue weighted by Crippen LogP contribution is 2.38. The molecule has 0 unspecified atom stereocenters. The van der Waals surface area contributed by atoms with E-state index in [1.807, 2.05) is 24.3 Å². The Balaban J connectivity index is 1.46. The molecule has 0 N–H and O–H groups in total. The Kier molecular flexibility index (Phi) is 7.03. The second kappa shape index (κ2) is 10.3. The number of ether oxygens (including phenoxy) is 1. The Morgan fingerprint density at radius 3 is 2.40 bits per heavy atom. The Hall–Kier alpha value is -4.34. The summed E-state index contributed by atoms with van der Waals surface area (Å²) in [6, 6.07) is 13.4. The van der Waals surface area contributed by atoms with Crippen molar-refractivity contribution in [2.45, 2.75) is 38.4 Å². The Labute approximate surface area is 228 Å².